The summed E-state index contributed by atoms with van der Waals surface area (Å²) < 4.78 is 34.2. The first-order chi connectivity index (χ1) is 13.7. The third-order valence-corrected chi connectivity index (χ3v) is 6.32. The van der Waals surface area contributed by atoms with Gasteiger partial charge >= 0.3 is 0 Å². The Morgan fingerprint density at radius 3 is 2.52 bits per heavy atom. The van der Waals surface area contributed by atoms with E-state index < -0.39 is 15.9 Å². The summed E-state index contributed by atoms with van der Waals surface area (Å²) >= 11 is 11.7. The number of sulfonamides is 1. The van der Waals surface area contributed by atoms with Crippen LogP contribution in [0.4, 0.5) is 5.69 Å². The zero-order valence-electron chi connectivity index (χ0n) is 15.6. The molecular weight excluding hydrogens is 437 g/mol. The first kappa shape index (κ1) is 21.4. The minimum absolute atomic E-state index is 0.0651. The smallest absolute Gasteiger partial charge is 0.283 e. The highest BCUT2D eigenvalue weighted by atomic mass is 35.5. The molecule has 1 heterocycles. The van der Waals surface area contributed by atoms with Gasteiger partial charge in [0, 0.05) is 31.8 Å². The van der Waals surface area contributed by atoms with Crippen LogP contribution in [0.25, 0.3) is 0 Å². The van der Waals surface area contributed by atoms with Gasteiger partial charge in [0.2, 0.25) is 0 Å². The lowest BCUT2D eigenvalue weighted by molar-refractivity contribution is -0.118. The van der Waals surface area contributed by atoms with Gasteiger partial charge < -0.3 is 15.0 Å². The van der Waals surface area contributed by atoms with Gasteiger partial charge in [-0.15, -0.1) is 4.40 Å². The van der Waals surface area contributed by atoms with Crippen LogP contribution in [-0.4, -0.2) is 45.3 Å². The van der Waals surface area contributed by atoms with Gasteiger partial charge in [-0.2, -0.15) is 8.42 Å². The fourth-order valence-corrected chi connectivity index (χ4v) is 4.11. The van der Waals surface area contributed by atoms with Gasteiger partial charge in [0.25, 0.3) is 15.9 Å². The molecule has 1 saturated heterocycles. The molecule has 29 heavy (non-hydrogen) atoms. The summed E-state index contributed by atoms with van der Waals surface area (Å²) in [5.41, 5.74) is 0.442. The predicted molar refractivity (Wildman–Crippen MR) is 114 cm³/mol. The van der Waals surface area contributed by atoms with Crippen LogP contribution < -0.4 is 10.1 Å². The van der Waals surface area contributed by atoms with E-state index in [-0.39, 0.29) is 11.5 Å². The van der Waals surface area contributed by atoms with Crippen molar-refractivity contribution in [1.82, 2.24) is 4.90 Å². The second-order valence-electron chi connectivity index (χ2n) is 6.44. The molecule has 0 bridgehead atoms. The Balaban J connectivity index is 1.59. The number of rotatable bonds is 6. The van der Waals surface area contributed by atoms with Gasteiger partial charge in [-0.25, -0.2) is 0 Å². The van der Waals surface area contributed by atoms with Crippen molar-refractivity contribution in [2.24, 2.45) is 4.40 Å². The number of likely N-dealkylation sites (tertiary alicyclic amines) is 1. The van der Waals surface area contributed by atoms with Crippen LogP contribution in [0.5, 0.6) is 5.75 Å². The number of amidine groups is 1. The molecule has 0 atom stereocenters. The maximum absolute atomic E-state index is 12.4. The average molecular weight is 456 g/mol. The molecule has 0 aromatic heterocycles. The molecule has 7 nitrogen and oxygen atoms in total. The van der Waals surface area contributed by atoms with Crippen LogP contribution in [0.15, 0.2) is 51.8 Å². The first-order valence-corrected chi connectivity index (χ1v) is 11.0. The Labute approximate surface area is 179 Å². The van der Waals surface area contributed by atoms with Crippen molar-refractivity contribution in [2.75, 3.05) is 25.5 Å². The van der Waals surface area contributed by atoms with E-state index in [2.05, 4.69) is 9.71 Å². The maximum Gasteiger partial charge on any atom is 0.283 e. The average Bonchev–Trinajstić information content (AvgIpc) is 3.07. The molecule has 0 saturated carbocycles. The summed E-state index contributed by atoms with van der Waals surface area (Å²) in [6.45, 7) is 0.557. The number of nitrogens with one attached hydrogen (secondary N) is 1. The zero-order valence-corrected chi connectivity index (χ0v) is 17.9. The summed E-state index contributed by atoms with van der Waals surface area (Å²) in [4.78, 5) is 13.9. The van der Waals surface area contributed by atoms with Crippen molar-refractivity contribution < 1.29 is 17.9 Å². The molecular formula is C19H19Cl2N3O4S. The van der Waals surface area contributed by atoms with Gasteiger partial charge in [0.05, 0.1) is 14.9 Å². The molecule has 154 valence electrons. The van der Waals surface area contributed by atoms with Crippen molar-refractivity contribution in [3.8, 4) is 5.75 Å². The van der Waals surface area contributed by atoms with E-state index in [1.54, 1.807) is 12.1 Å². The normalized spacial score (nSPS) is 15.6. The lowest BCUT2D eigenvalue weighted by atomic mass is 10.3. The highest BCUT2D eigenvalue weighted by Crippen LogP contribution is 2.26. The molecule has 1 aliphatic heterocycles. The molecule has 1 N–H and O–H groups in total. The number of hydrogen-bond acceptors (Lipinski definition) is 4. The Morgan fingerprint density at radius 2 is 1.90 bits per heavy atom. The van der Waals surface area contributed by atoms with Crippen LogP contribution in [0.3, 0.4) is 0 Å². The predicted octanol–water partition coefficient (Wildman–Crippen LogP) is 3.82. The minimum atomic E-state index is -3.79. The molecule has 0 unspecified atom stereocenters. The minimum Gasteiger partial charge on any atom is -0.484 e. The van der Waals surface area contributed by atoms with Crippen molar-refractivity contribution in [2.45, 2.75) is 17.7 Å². The topological polar surface area (TPSA) is 88.1 Å². The second-order valence-corrected chi connectivity index (χ2v) is 8.86. The Kier molecular flexibility index (Phi) is 6.66. The third-order valence-electron chi connectivity index (χ3n) is 4.26. The molecule has 0 aliphatic carbocycles. The van der Waals surface area contributed by atoms with E-state index in [0.29, 0.717) is 33.7 Å². The SMILES string of the molecule is CN1CCCC1=NS(=O)(=O)c1ccc(NC(=O)COc2ccc(Cl)c(Cl)c2)cc1. The second kappa shape index (κ2) is 9.02. The van der Waals surface area contributed by atoms with E-state index in [0.717, 1.165) is 13.0 Å². The highest BCUT2D eigenvalue weighted by Gasteiger charge is 2.20. The lowest BCUT2D eigenvalue weighted by Gasteiger charge is -2.11. The number of ether oxygens (including phenoxy) is 1. The monoisotopic (exact) mass is 455 g/mol. The summed E-state index contributed by atoms with van der Waals surface area (Å²) in [5.74, 6) is 0.563. The quantitative estimate of drug-likeness (QED) is 0.714. The van der Waals surface area contributed by atoms with Crippen LogP contribution in [0.2, 0.25) is 10.0 Å². The largest absolute Gasteiger partial charge is 0.484 e. The molecule has 2 aromatic carbocycles. The lowest BCUT2D eigenvalue weighted by Crippen LogP contribution is -2.20. The van der Waals surface area contributed by atoms with E-state index in [1.807, 2.05) is 11.9 Å². The van der Waals surface area contributed by atoms with E-state index in [9.17, 15) is 13.2 Å². The van der Waals surface area contributed by atoms with Crippen LogP contribution in [0.1, 0.15) is 12.8 Å². The molecule has 1 amide bonds. The first-order valence-electron chi connectivity index (χ1n) is 8.77. The van der Waals surface area contributed by atoms with Crippen LogP contribution >= 0.6 is 23.2 Å². The molecule has 3 rings (SSSR count). The number of carbonyl (C=O) groups excluding carboxylic acids is 1. The summed E-state index contributed by atoms with van der Waals surface area (Å²) in [7, 11) is -1.97. The standard InChI is InChI=1S/C19H19Cl2N3O4S/c1-24-10-2-3-18(24)23-29(26,27)15-7-4-13(5-8-15)22-19(25)12-28-14-6-9-16(20)17(21)11-14/h4-9,11H,2-3,10,12H2,1H3,(H,22,25). The molecule has 1 aliphatic rings. The highest BCUT2D eigenvalue weighted by molar-refractivity contribution is 7.90. The van der Waals surface area contributed by atoms with Gasteiger partial charge in [0.15, 0.2) is 6.61 Å². The maximum atomic E-state index is 12.4. The number of anilines is 1. The van der Waals surface area contributed by atoms with Crippen LogP contribution in [0, 0.1) is 0 Å². The summed E-state index contributed by atoms with van der Waals surface area (Å²) in [6, 6.07) is 10.5. The number of hydrogen-bond donors (Lipinski definition) is 1. The van der Waals surface area contributed by atoms with Gasteiger partial charge in [-0.05, 0) is 42.8 Å². The van der Waals surface area contributed by atoms with E-state index in [4.69, 9.17) is 27.9 Å². The van der Waals surface area contributed by atoms with Crippen molar-refractivity contribution in [3.05, 3.63) is 52.5 Å². The van der Waals surface area contributed by atoms with E-state index in [1.165, 1.54) is 30.3 Å². The fraction of sp³-hybridized carbons (Fsp3) is 0.263. The Morgan fingerprint density at radius 1 is 1.17 bits per heavy atom. The molecule has 2 aromatic rings. The Hall–Kier alpha value is -2.29. The van der Waals surface area contributed by atoms with Crippen molar-refractivity contribution in [3.63, 3.8) is 0 Å². The zero-order chi connectivity index (χ0) is 21.0. The number of amides is 1. The molecule has 0 radical (unpaired) electrons. The number of carbonyl (C=O) groups is 1. The molecule has 1 fully saturated rings. The van der Waals surface area contributed by atoms with E-state index >= 15 is 0 Å². The van der Waals surface area contributed by atoms with Crippen LogP contribution in [-0.2, 0) is 14.8 Å². The van der Waals surface area contributed by atoms with Gasteiger partial charge in [0.1, 0.15) is 11.6 Å². The van der Waals surface area contributed by atoms with Crippen molar-refractivity contribution >= 4 is 50.7 Å². The summed E-state index contributed by atoms with van der Waals surface area (Å²) in [6.07, 6.45) is 1.53. The van der Waals surface area contributed by atoms with Gasteiger partial charge in [-0.3, -0.25) is 4.79 Å². The summed E-state index contributed by atoms with van der Waals surface area (Å²) in [5, 5.41) is 3.35. The van der Waals surface area contributed by atoms with Gasteiger partial charge in [-0.1, -0.05) is 23.2 Å². The number of benzene rings is 2. The number of nitrogens with zero attached hydrogens (tertiary/aromatic N) is 2. The molecule has 0 spiro atoms. The molecule has 10 heteroatoms. The third kappa shape index (κ3) is 5.62. The fourth-order valence-electron chi connectivity index (χ4n) is 2.72. The van der Waals surface area contributed by atoms with Crippen molar-refractivity contribution in [1.29, 1.82) is 0 Å². The number of halogens is 2. The Bertz CT molecular complexity index is 1040.